The zero-order chi connectivity index (χ0) is 21.0. The van der Waals surface area contributed by atoms with Gasteiger partial charge >= 0.3 is 11.9 Å². The van der Waals surface area contributed by atoms with Crippen molar-refractivity contribution in [2.45, 2.75) is 18.7 Å². The van der Waals surface area contributed by atoms with Crippen molar-refractivity contribution in [1.82, 2.24) is 0 Å². The lowest BCUT2D eigenvalue weighted by Gasteiger charge is -2.30. The van der Waals surface area contributed by atoms with Gasteiger partial charge in [0.15, 0.2) is 0 Å². The van der Waals surface area contributed by atoms with Gasteiger partial charge in [-0.3, -0.25) is 4.79 Å². The number of anilines is 2. The highest BCUT2D eigenvalue weighted by molar-refractivity contribution is 7.99. The topological polar surface area (TPSA) is 84.9 Å². The molecule has 154 valence electrons. The predicted molar refractivity (Wildman–Crippen MR) is 114 cm³/mol. The molecule has 2 aromatic rings. The van der Waals surface area contributed by atoms with Gasteiger partial charge in [-0.15, -0.1) is 23.1 Å². The quantitative estimate of drug-likeness (QED) is 0.696. The molecule has 0 saturated heterocycles. The number of thiophene rings is 1. The second kappa shape index (κ2) is 9.32. The normalized spacial score (nSPS) is 12.9. The van der Waals surface area contributed by atoms with Crippen LogP contribution in [0.2, 0.25) is 0 Å². The molecule has 3 rings (SSSR count). The number of carbonyl (C=O) groups is 3. The average molecular weight is 435 g/mol. The summed E-state index contributed by atoms with van der Waals surface area (Å²) in [5.41, 5.74) is 1.65. The number of carbonyl (C=O) groups excluding carboxylic acids is 3. The van der Waals surface area contributed by atoms with E-state index in [1.54, 1.807) is 25.6 Å². The number of amides is 1. The van der Waals surface area contributed by atoms with E-state index < -0.39 is 11.9 Å². The summed E-state index contributed by atoms with van der Waals surface area (Å²) in [6.07, 6.45) is 0. The molecule has 0 bridgehead atoms. The number of methoxy groups -OCH3 is 1. The predicted octanol–water partition coefficient (Wildman–Crippen LogP) is 3.57. The van der Waals surface area contributed by atoms with E-state index in [1.807, 2.05) is 29.2 Å². The van der Waals surface area contributed by atoms with E-state index in [0.717, 1.165) is 34.2 Å². The highest BCUT2D eigenvalue weighted by Crippen LogP contribution is 2.36. The summed E-state index contributed by atoms with van der Waals surface area (Å²) < 4.78 is 9.89. The van der Waals surface area contributed by atoms with Gasteiger partial charge in [0.2, 0.25) is 5.91 Å². The fraction of sp³-hybridized carbons (Fsp3) is 0.350. The molecule has 0 fully saturated rings. The highest BCUT2D eigenvalue weighted by atomic mass is 32.2. The molecule has 0 spiro atoms. The SMILES string of the molecule is CCOC(=O)c1c(NC(=O)CN2CCSc3ccccc32)sc(C(=O)OC)c1C. The number of hydrogen-bond acceptors (Lipinski definition) is 8. The van der Waals surface area contributed by atoms with Crippen LogP contribution in [-0.4, -0.2) is 50.4 Å². The maximum atomic E-state index is 12.8. The van der Waals surface area contributed by atoms with E-state index in [-0.39, 0.29) is 29.5 Å². The molecule has 1 N–H and O–H groups in total. The summed E-state index contributed by atoms with van der Waals surface area (Å²) in [6, 6.07) is 7.95. The van der Waals surface area contributed by atoms with Crippen LogP contribution in [0.25, 0.3) is 0 Å². The van der Waals surface area contributed by atoms with Crippen LogP contribution in [-0.2, 0) is 14.3 Å². The lowest BCUT2D eigenvalue weighted by atomic mass is 10.1. The van der Waals surface area contributed by atoms with Crippen molar-refractivity contribution in [2.75, 3.05) is 42.8 Å². The Morgan fingerprint density at radius 3 is 2.69 bits per heavy atom. The number of ether oxygens (including phenoxy) is 2. The smallest absolute Gasteiger partial charge is 0.348 e. The molecule has 29 heavy (non-hydrogen) atoms. The second-order valence-corrected chi connectivity index (χ2v) is 8.42. The van der Waals surface area contributed by atoms with Gasteiger partial charge in [0.25, 0.3) is 0 Å². The molecule has 0 atom stereocenters. The number of esters is 2. The molecular weight excluding hydrogens is 412 g/mol. The molecular formula is C20H22N2O5S2. The summed E-state index contributed by atoms with van der Waals surface area (Å²) in [5.74, 6) is -0.509. The Morgan fingerprint density at radius 2 is 1.97 bits per heavy atom. The third-order valence-electron chi connectivity index (χ3n) is 4.41. The van der Waals surface area contributed by atoms with E-state index in [2.05, 4.69) is 5.32 Å². The van der Waals surface area contributed by atoms with Gasteiger partial charge in [-0.2, -0.15) is 0 Å². The van der Waals surface area contributed by atoms with Crippen molar-refractivity contribution in [2.24, 2.45) is 0 Å². The van der Waals surface area contributed by atoms with Gasteiger partial charge in [0, 0.05) is 17.2 Å². The molecule has 0 saturated carbocycles. The number of thioether (sulfide) groups is 1. The number of para-hydroxylation sites is 1. The first-order valence-corrected chi connectivity index (χ1v) is 10.9. The first-order chi connectivity index (χ1) is 14.0. The van der Waals surface area contributed by atoms with Crippen LogP contribution in [0.5, 0.6) is 0 Å². The van der Waals surface area contributed by atoms with Gasteiger partial charge in [0.1, 0.15) is 9.88 Å². The summed E-state index contributed by atoms with van der Waals surface area (Å²) in [4.78, 5) is 40.6. The number of rotatable bonds is 6. The Labute approximate surface area is 177 Å². The number of hydrogen-bond donors (Lipinski definition) is 1. The largest absolute Gasteiger partial charge is 0.465 e. The van der Waals surface area contributed by atoms with Crippen LogP contribution in [0.1, 0.15) is 32.5 Å². The van der Waals surface area contributed by atoms with Crippen molar-refractivity contribution in [1.29, 1.82) is 0 Å². The molecule has 1 aliphatic rings. The van der Waals surface area contributed by atoms with E-state index in [4.69, 9.17) is 9.47 Å². The fourth-order valence-corrected chi connectivity index (χ4v) is 5.25. The summed E-state index contributed by atoms with van der Waals surface area (Å²) in [7, 11) is 1.27. The first-order valence-electron chi connectivity index (χ1n) is 9.11. The van der Waals surface area contributed by atoms with E-state index in [0.29, 0.717) is 10.6 Å². The minimum Gasteiger partial charge on any atom is -0.465 e. The van der Waals surface area contributed by atoms with Crippen molar-refractivity contribution in [3.05, 3.63) is 40.3 Å². The van der Waals surface area contributed by atoms with Gasteiger partial charge in [-0.1, -0.05) is 12.1 Å². The lowest BCUT2D eigenvalue weighted by Crippen LogP contribution is -2.36. The molecule has 0 unspecified atom stereocenters. The van der Waals surface area contributed by atoms with Crippen LogP contribution in [0, 0.1) is 6.92 Å². The average Bonchev–Trinajstić information content (AvgIpc) is 3.03. The van der Waals surface area contributed by atoms with E-state index in [1.165, 1.54) is 7.11 Å². The van der Waals surface area contributed by atoms with Gasteiger partial charge in [0.05, 0.1) is 31.5 Å². The molecule has 9 heteroatoms. The molecule has 1 amide bonds. The van der Waals surface area contributed by atoms with Gasteiger partial charge in [-0.25, -0.2) is 9.59 Å². The molecule has 0 radical (unpaired) electrons. The van der Waals surface area contributed by atoms with Crippen LogP contribution in [0.15, 0.2) is 29.2 Å². The molecule has 2 heterocycles. The third kappa shape index (κ3) is 4.56. The minimum absolute atomic E-state index is 0.143. The Bertz CT molecular complexity index is 941. The molecule has 1 aromatic heterocycles. The molecule has 7 nitrogen and oxygen atoms in total. The summed E-state index contributed by atoms with van der Waals surface area (Å²) >= 11 is 2.78. The van der Waals surface area contributed by atoms with E-state index in [9.17, 15) is 14.4 Å². The zero-order valence-corrected chi connectivity index (χ0v) is 18.1. The highest BCUT2D eigenvalue weighted by Gasteiger charge is 2.28. The van der Waals surface area contributed by atoms with E-state index >= 15 is 0 Å². The third-order valence-corrected chi connectivity index (χ3v) is 6.64. The Hall–Kier alpha value is -2.52. The second-order valence-electron chi connectivity index (χ2n) is 6.26. The monoisotopic (exact) mass is 434 g/mol. The summed E-state index contributed by atoms with van der Waals surface area (Å²) in [6.45, 7) is 4.42. The van der Waals surface area contributed by atoms with Crippen molar-refractivity contribution in [3.63, 3.8) is 0 Å². The summed E-state index contributed by atoms with van der Waals surface area (Å²) in [5, 5.41) is 3.09. The maximum Gasteiger partial charge on any atom is 0.348 e. The Morgan fingerprint density at radius 1 is 1.21 bits per heavy atom. The minimum atomic E-state index is -0.577. The fourth-order valence-electron chi connectivity index (χ4n) is 3.07. The van der Waals surface area contributed by atoms with Gasteiger partial charge in [-0.05, 0) is 31.5 Å². The number of fused-ring (bicyclic) bond motifs is 1. The Balaban J connectivity index is 1.83. The van der Waals surface area contributed by atoms with Crippen molar-refractivity contribution in [3.8, 4) is 0 Å². The number of nitrogens with one attached hydrogen (secondary N) is 1. The Kier molecular flexibility index (Phi) is 6.81. The molecule has 0 aliphatic carbocycles. The van der Waals surface area contributed by atoms with Crippen molar-refractivity contribution >= 4 is 51.6 Å². The first kappa shape index (κ1) is 21.2. The number of nitrogens with zero attached hydrogens (tertiary/aromatic N) is 1. The lowest BCUT2D eigenvalue weighted by molar-refractivity contribution is -0.115. The van der Waals surface area contributed by atoms with Crippen LogP contribution in [0.4, 0.5) is 10.7 Å². The van der Waals surface area contributed by atoms with Gasteiger partial charge < -0.3 is 19.7 Å². The van der Waals surface area contributed by atoms with Crippen molar-refractivity contribution < 1.29 is 23.9 Å². The zero-order valence-electron chi connectivity index (χ0n) is 16.4. The van der Waals surface area contributed by atoms with Crippen LogP contribution >= 0.6 is 23.1 Å². The standard InChI is InChI=1S/C20H22N2O5S2/c1-4-27-19(24)16-12(2)17(20(25)26-3)29-18(16)21-15(23)11-22-9-10-28-14-8-6-5-7-13(14)22/h5-8H,4,9-11H2,1-3H3,(H,21,23). The molecule has 1 aromatic carbocycles. The van der Waals surface area contributed by atoms with Crippen LogP contribution in [0.3, 0.4) is 0 Å². The molecule has 1 aliphatic heterocycles. The van der Waals surface area contributed by atoms with Crippen LogP contribution < -0.4 is 10.2 Å². The number of benzene rings is 1. The maximum absolute atomic E-state index is 12.8.